The summed E-state index contributed by atoms with van der Waals surface area (Å²) >= 11 is 7.18. The fourth-order valence-electron chi connectivity index (χ4n) is 2.81. The minimum Gasteiger partial charge on any atom is -0.494 e. The van der Waals surface area contributed by atoms with Crippen molar-refractivity contribution in [2.45, 2.75) is 6.92 Å². The van der Waals surface area contributed by atoms with Crippen LogP contribution in [0.25, 0.3) is 15.9 Å². The zero-order valence-electron chi connectivity index (χ0n) is 15.6. The summed E-state index contributed by atoms with van der Waals surface area (Å²) in [6.07, 6.45) is 1.18. The molecule has 4 aromatic rings. The maximum atomic E-state index is 12.2. The van der Waals surface area contributed by atoms with Gasteiger partial charge in [-0.1, -0.05) is 22.9 Å². The van der Waals surface area contributed by atoms with Gasteiger partial charge < -0.3 is 9.84 Å². The molecule has 0 aliphatic rings. The van der Waals surface area contributed by atoms with Crippen molar-refractivity contribution in [1.82, 2.24) is 14.5 Å². The topological polar surface area (TPSA) is 110 Å². The van der Waals surface area contributed by atoms with Crippen LogP contribution in [-0.2, 0) is 0 Å². The fourth-order valence-corrected chi connectivity index (χ4v) is 3.77. The average Bonchev–Trinajstić information content (AvgIpc) is 3.11. The number of halogens is 1. The van der Waals surface area contributed by atoms with Crippen LogP contribution in [0.2, 0.25) is 5.02 Å². The molecule has 2 aromatic carbocycles. The number of fused-ring (bicyclic) bond motifs is 1. The molecule has 10 heteroatoms. The molecule has 2 aromatic heterocycles. The van der Waals surface area contributed by atoms with E-state index in [9.17, 15) is 14.7 Å². The van der Waals surface area contributed by atoms with E-state index in [1.807, 2.05) is 25.1 Å². The molecule has 152 valence electrons. The van der Waals surface area contributed by atoms with Gasteiger partial charge in [0.15, 0.2) is 0 Å². The lowest BCUT2D eigenvalue weighted by atomic mass is 10.3. The Balaban J connectivity index is 1.74. The lowest BCUT2D eigenvalue weighted by Gasteiger charge is -2.09. The van der Waals surface area contributed by atoms with E-state index in [2.05, 4.69) is 15.0 Å². The van der Waals surface area contributed by atoms with Gasteiger partial charge in [-0.2, -0.15) is 0 Å². The summed E-state index contributed by atoms with van der Waals surface area (Å²) in [6, 6.07) is 11.7. The summed E-state index contributed by atoms with van der Waals surface area (Å²) in [7, 11) is 0. The number of ether oxygens (including phenoxy) is 1. The number of aliphatic imine (C=N–C) groups is 1. The van der Waals surface area contributed by atoms with Gasteiger partial charge >= 0.3 is 5.69 Å². The molecular weight excluding hydrogens is 428 g/mol. The second-order valence-corrected chi connectivity index (χ2v) is 7.57. The highest BCUT2D eigenvalue weighted by atomic mass is 35.5. The number of benzene rings is 2. The van der Waals surface area contributed by atoms with Crippen LogP contribution in [0.3, 0.4) is 0 Å². The van der Waals surface area contributed by atoms with Gasteiger partial charge in [0.05, 0.1) is 22.5 Å². The van der Waals surface area contributed by atoms with E-state index in [4.69, 9.17) is 16.3 Å². The third-order valence-electron chi connectivity index (χ3n) is 4.17. The summed E-state index contributed by atoms with van der Waals surface area (Å²) in [5.74, 6) is 0.197. The highest BCUT2D eigenvalue weighted by Crippen LogP contribution is 2.31. The second-order valence-electron chi connectivity index (χ2n) is 6.13. The van der Waals surface area contributed by atoms with E-state index in [-0.39, 0.29) is 5.56 Å². The van der Waals surface area contributed by atoms with Crippen molar-refractivity contribution in [1.29, 1.82) is 0 Å². The zero-order valence-corrected chi connectivity index (χ0v) is 17.2. The number of H-pyrrole nitrogens is 1. The summed E-state index contributed by atoms with van der Waals surface area (Å²) in [5, 5.41) is 11.4. The van der Waals surface area contributed by atoms with Gasteiger partial charge in [-0.15, -0.1) is 0 Å². The number of hydrogen-bond acceptors (Lipinski definition) is 7. The maximum Gasteiger partial charge on any atom is 0.335 e. The van der Waals surface area contributed by atoms with Crippen molar-refractivity contribution in [3.63, 3.8) is 0 Å². The quantitative estimate of drug-likeness (QED) is 0.458. The molecule has 30 heavy (non-hydrogen) atoms. The predicted molar refractivity (Wildman–Crippen MR) is 117 cm³/mol. The molecule has 0 spiro atoms. The van der Waals surface area contributed by atoms with Crippen molar-refractivity contribution < 1.29 is 9.84 Å². The van der Waals surface area contributed by atoms with Gasteiger partial charge in [-0.25, -0.2) is 19.3 Å². The van der Waals surface area contributed by atoms with E-state index < -0.39 is 17.1 Å². The molecule has 2 N–H and O–H groups in total. The fraction of sp³-hybridized carbons (Fsp3) is 0.100. The van der Waals surface area contributed by atoms with Gasteiger partial charge in [0, 0.05) is 11.2 Å². The third-order valence-corrected chi connectivity index (χ3v) is 5.35. The molecule has 0 bridgehead atoms. The molecule has 0 radical (unpaired) electrons. The molecule has 0 aliphatic heterocycles. The molecule has 0 aliphatic carbocycles. The Morgan fingerprint density at radius 3 is 2.77 bits per heavy atom. The van der Waals surface area contributed by atoms with Crippen LogP contribution >= 0.6 is 22.9 Å². The molecular formula is C20H15ClN4O4S. The first kappa shape index (κ1) is 19.9. The number of aromatic nitrogens is 3. The Morgan fingerprint density at radius 1 is 1.27 bits per heavy atom. The van der Waals surface area contributed by atoms with Gasteiger partial charge in [0.2, 0.25) is 11.0 Å². The zero-order chi connectivity index (χ0) is 21.3. The smallest absolute Gasteiger partial charge is 0.335 e. The van der Waals surface area contributed by atoms with Crippen molar-refractivity contribution in [2.24, 2.45) is 4.99 Å². The van der Waals surface area contributed by atoms with Crippen LogP contribution in [0, 0.1) is 0 Å². The normalized spacial score (nSPS) is 11.4. The summed E-state index contributed by atoms with van der Waals surface area (Å²) in [5.41, 5.74) is -0.624. The predicted octanol–water partition coefficient (Wildman–Crippen LogP) is 3.64. The van der Waals surface area contributed by atoms with E-state index in [0.29, 0.717) is 22.4 Å². The largest absolute Gasteiger partial charge is 0.494 e. The van der Waals surface area contributed by atoms with Crippen LogP contribution in [0.1, 0.15) is 12.5 Å². The molecule has 2 heterocycles. The molecule has 0 atom stereocenters. The standard InChI is InChI=1S/C20H15ClN4O4S/c1-2-29-13-7-8-15-16(9-13)30-19(23-15)22-10-14-17(26)24-20(28)25(18(14)27)12-5-3-11(21)4-6-12/h3-10,27H,2H2,1H3,(H,24,26,28)/b22-10+. The third kappa shape index (κ3) is 3.85. The first-order chi connectivity index (χ1) is 14.5. The van der Waals surface area contributed by atoms with E-state index in [1.165, 1.54) is 17.6 Å². The first-order valence-electron chi connectivity index (χ1n) is 8.88. The number of aromatic amines is 1. The Morgan fingerprint density at radius 2 is 2.03 bits per heavy atom. The molecule has 0 unspecified atom stereocenters. The number of aromatic hydroxyl groups is 1. The molecule has 0 saturated heterocycles. The Kier molecular flexibility index (Phi) is 5.39. The Labute approximate surface area is 178 Å². The molecule has 0 saturated carbocycles. The maximum absolute atomic E-state index is 12.2. The SMILES string of the molecule is CCOc1ccc2nc(/N=C/c3c(O)n(-c4ccc(Cl)cc4)c(=O)[nH]c3=O)sc2c1. The summed E-state index contributed by atoms with van der Waals surface area (Å²) in [4.78, 5) is 35.2. The molecule has 8 nitrogen and oxygen atoms in total. The van der Waals surface area contributed by atoms with E-state index in [1.54, 1.807) is 24.3 Å². The van der Waals surface area contributed by atoms with Crippen LogP contribution in [0.15, 0.2) is 57.0 Å². The van der Waals surface area contributed by atoms with E-state index in [0.717, 1.165) is 20.5 Å². The Hall–Kier alpha value is -3.43. The van der Waals surface area contributed by atoms with Gasteiger partial charge in [-0.3, -0.25) is 9.78 Å². The second kappa shape index (κ2) is 8.13. The minimum atomic E-state index is -0.777. The number of nitrogens with zero attached hydrogens (tertiary/aromatic N) is 3. The van der Waals surface area contributed by atoms with Gasteiger partial charge in [0.25, 0.3) is 5.56 Å². The summed E-state index contributed by atoms with van der Waals surface area (Å²) < 4.78 is 7.32. The van der Waals surface area contributed by atoms with Crippen LogP contribution < -0.4 is 16.0 Å². The van der Waals surface area contributed by atoms with Crippen molar-refractivity contribution in [3.05, 3.63) is 73.9 Å². The van der Waals surface area contributed by atoms with Crippen molar-refractivity contribution in [2.75, 3.05) is 6.61 Å². The van der Waals surface area contributed by atoms with Crippen LogP contribution in [0.5, 0.6) is 11.6 Å². The molecule has 0 amide bonds. The average molecular weight is 443 g/mol. The van der Waals surface area contributed by atoms with Crippen LogP contribution in [0.4, 0.5) is 5.13 Å². The molecule has 0 fully saturated rings. The van der Waals surface area contributed by atoms with E-state index >= 15 is 0 Å². The minimum absolute atomic E-state index is 0.168. The van der Waals surface area contributed by atoms with Crippen molar-refractivity contribution in [3.8, 4) is 17.3 Å². The first-order valence-corrected chi connectivity index (χ1v) is 10.1. The summed E-state index contributed by atoms with van der Waals surface area (Å²) in [6.45, 7) is 2.46. The highest BCUT2D eigenvalue weighted by molar-refractivity contribution is 7.22. The van der Waals surface area contributed by atoms with Gasteiger partial charge in [0.1, 0.15) is 11.3 Å². The number of hydrogen-bond donors (Lipinski definition) is 2. The number of rotatable bonds is 5. The number of nitrogens with one attached hydrogen (secondary N) is 1. The molecule has 4 rings (SSSR count). The van der Waals surface area contributed by atoms with Crippen molar-refractivity contribution >= 4 is 44.5 Å². The highest BCUT2D eigenvalue weighted by Gasteiger charge is 2.14. The monoisotopic (exact) mass is 442 g/mol. The Bertz CT molecular complexity index is 1370. The lowest BCUT2D eigenvalue weighted by Crippen LogP contribution is -2.31. The van der Waals surface area contributed by atoms with Crippen LogP contribution in [-0.4, -0.2) is 32.5 Å². The van der Waals surface area contributed by atoms with Gasteiger partial charge in [-0.05, 0) is 49.4 Å². The number of thiazole rings is 1. The lowest BCUT2D eigenvalue weighted by molar-refractivity contribution is 0.341.